The predicted octanol–water partition coefficient (Wildman–Crippen LogP) is 1.44. The Labute approximate surface area is 159 Å². The second-order valence-corrected chi connectivity index (χ2v) is 7.93. The fraction of sp³-hybridized carbons (Fsp3) is 0.650. The van der Waals surface area contributed by atoms with Crippen LogP contribution in [0.1, 0.15) is 37.7 Å². The van der Waals surface area contributed by atoms with Gasteiger partial charge in [0.05, 0.1) is 7.11 Å². The highest BCUT2D eigenvalue weighted by molar-refractivity contribution is 5.86. The van der Waals surface area contributed by atoms with Gasteiger partial charge in [-0.25, -0.2) is 4.39 Å². The van der Waals surface area contributed by atoms with Crippen LogP contribution in [0.2, 0.25) is 0 Å². The summed E-state index contributed by atoms with van der Waals surface area (Å²) in [6.45, 7) is 1.44. The molecule has 1 aliphatic carbocycles. The van der Waals surface area contributed by atoms with Gasteiger partial charge in [-0.15, -0.1) is 0 Å². The van der Waals surface area contributed by atoms with E-state index in [0.29, 0.717) is 37.2 Å². The van der Waals surface area contributed by atoms with E-state index < -0.39 is 11.4 Å². The number of amides is 1. The molecule has 1 aromatic carbocycles. The second kappa shape index (κ2) is 8.12. The summed E-state index contributed by atoms with van der Waals surface area (Å²) in [6.07, 6.45) is 4.06. The molecule has 1 aromatic rings. The van der Waals surface area contributed by atoms with Gasteiger partial charge in [0.15, 0.2) is 5.60 Å². The van der Waals surface area contributed by atoms with Crippen LogP contribution in [0.15, 0.2) is 18.2 Å². The van der Waals surface area contributed by atoms with E-state index in [2.05, 4.69) is 5.32 Å². The molecule has 0 radical (unpaired) electrons. The minimum atomic E-state index is -1.49. The fourth-order valence-corrected chi connectivity index (χ4v) is 3.99. The molecule has 6 nitrogen and oxygen atoms in total. The number of likely N-dealkylation sites (tertiary alicyclic amines) is 1. The number of hydrogen-bond acceptors (Lipinski definition) is 5. The van der Waals surface area contributed by atoms with Crippen molar-refractivity contribution in [2.45, 2.75) is 44.2 Å². The molecular weight excluding hydrogens is 351 g/mol. The Balaban J connectivity index is 1.62. The Morgan fingerprint density at radius 1 is 1.26 bits per heavy atom. The van der Waals surface area contributed by atoms with Crippen LogP contribution in [0.5, 0.6) is 5.75 Å². The third-order valence-corrected chi connectivity index (χ3v) is 5.98. The number of piperidine rings is 1. The number of aliphatic hydroxyl groups excluding tert-OH is 1. The highest BCUT2D eigenvalue weighted by Gasteiger charge is 2.43. The average molecular weight is 380 g/mol. The SMILES string of the molecule is COc1ccc(F)c(CN2CCC[C@](O)(CNCC3(CO)CCC3)C2=O)c1. The number of nitrogens with one attached hydrogen (secondary N) is 1. The van der Waals surface area contributed by atoms with Crippen LogP contribution in [-0.2, 0) is 11.3 Å². The van der Waals surface area contributed by atoms with E-state index in [1.807, 2.05) is 0 Å². The van der Waals surface area contributed by atoms with Gasteiger partial charge in [0, 0.05) is 43.8 Å². The van der Waals surface area contributed by atoms with Crippen molar-refractivity contribution in [1.82, 2.24) is 10.2 Å². The van der Waals surface area contributed by atoms with Crippen molar-refractivity contribution in [3.05, 3.63) is 29.6 Å². The molecule has 1 saturated heterocycles. The van der Waals surface area contributed by atoms with Crippen molar-refractivity contribution in [2.24, 2.45) is 5.41 Å². The highest BCUT2D eigenvalue weighted by atomic mass is 19.1. The third-order valence-electron chi connectivity index (χ3n) is 5.98. The molecule has 1 aliphatic heterocycles. The maximum atomic E-state index is 14.1. The summed E-state index contributed by atoms with van der Waals surface area (Å²) in [5, 5.41) is 23.6. The van der Waals surface area contributed by atoms with Gasteiger partial charge in [-0.05, 0) is 43.9 Å². The molecule has 7 heteroatoms. The smallest absolute Gasteiger partial charge is 0.256 e. The highest BCUT2D eigenvalue weighted by Crippen LogP contribution is 2.39. The van der Waals surface area contributed by atoms with E-state index in [-0.39, 0.29) is 31.0 Å². The van der Waals surface area contributed by atoms with Crippen molar-refractivity contribution in [1.29, 1.82) is 0 Å². The normalized spacial score (nSPS) is 24.6. The van der Waals surface area contributed by atoms with Crippen LogP contribution < -0.4 is 10.1 Å². The van der Waals surface area contributed by atoms with Gasteiger partial charge < -0.3 is 25.2 Å². The first-order chi connectivity index (χ1) is 12.9. The van der Waals surface area contributed by atoms with Crippen molar-refractivity contribution >= 4 is 5.91 Å². The number of ether oxygens (including phenoxy) is 1. The lowest BCUT2D eigenvalue weighted by Crippen LogP contribution is -2.58. The minimum Gasteiger partial charge on any atom is -0.497 e. The monoisotopic (exact) mass is 380 g/mol. The van der Waals surface area contributed by atoms with Gasteiger partial charge in [0.2, 0.25) is 0 Å². The van der Waals surface area contributed by atoms with Crippen LogP contribution in [0, 0.1) is 11.2 Å². The topological polar surface area (TPSA) is 82.0 Å². The zero-order chi connectivity index (χ0) is 19.5. The molecule has 1 heterocycles. The summed E-state index contributed by atoms with van der Waals surface area (Å²) in [6, 6.07) is 4.44. The number of rotatable bonds is 8. The quantitative estimate of drug-likeness (QED) is 0.636. The number of nitrogens with zero attached hydrogens (tertiary/aromatic N) is 1. The predicted molar refractivity (Wildman–Crippen MR) is 98.8 cm³/mol. The molecule has 0 bridgehead atoms. The number of aliphatic hydroxyl groups is 2. The van der Waals surface area contributed by atoms with Crippen LogP contribution in [0.3, 0.4) is 0 Å². The average Bonchev–Trinajstić information content (AvgIpc) is 2.63. The molecule has 27 heavy (non-hydrogen) atoms. The molecule has 1 saturated carbocycles. The summed E-state index contributed by atoms with van der Waals surface area (Å²) in [5.74, 6) is -0.247. The van der Waals surface area contributed by atoms with E-state index >= 15 is 0 Å². The van der Waals surface area contributed by atoms with Crippen molar-refractivity contribution in [3.8, 4) is 5.75 Å². The van der Waals surface area contributed by atoms with Gasteiger partial charge in [0.25, 0.3) is 5.91 Å². The van der Waals surface area contributed by atoms with Gasteiger partial charge in [-0.3, -0.25) is 4.79 Å². The van der Waals surface area contributed by atoms with Crippen molar-refractivity contribution in [3.63, 3.8) is 0 Å². The first kappa shape index (κ1) is 20.0. The lowest BCUT2D eigenvalue weighted by Gasteiger charge is -2.42. The minimum absolute atomic E-state index is 0.102. The molecule has 3 N–H and O–H groups in total. The molecule has 2 aliphatic rings. The Kier molecular flexibility index (Phi) is 6.03. The van der Waals surface area contributed by atoms with Crippen LogP contribution in [-0.4, -0.2) is 60.0 Å². The van der Waals surface area contributed by atoms with E-state index in [4.69, 9.17) is 4.74 Å². The van der Waals surface area contributed by atoms with Crippen molar-refractivity contribution in [2.75, 3.05) is 33.4 Å². The van der Waals surface area contributed by atoms with Gasteiger partial charge in [0.1, 0.15) is 11.6 Å². The van der Waals surface area contributed by atoms with Crippen LogP contribution in [0.25, 0.3) is 0 Å². The van der Waals surface area contributed by atoms with E-state index in [1.54, 1.807) is 6.07 Å². The number of hydrogen-bond donors (Lipinski definition) is 3. The molecule has 0 spiro atoms. The Hall–Kier alpha value is -1.70. The summed E-state index contributed by atoms with van der Waals surface area (Å²) in [7, 11) is 1.51. The zero-order valence-electron chi connectivity index (χ0n) is 15.8. The molecular formula is C20H29FN2O4. The van der Waals surface area contributed by atoms with E-state index in [0.717, 1.165) is 19.3 Å². The Morgan fingerprint density at radius 3 is 2.67 bits per heavy atom. The number of benzene rings is 1. The van der Waals surface area contributed by atoms with Crippen molar-refractivity contribution < 1.29 is 24.1 Å². The number of methoxy groups -OCH3 is 1. The largest absolute Gasteiger partial charge is 0.497 e. The molecule has 3 rings (SSSR count). The maximum absolute atomic E-state index is 14.1. The van der Waals surface area contributed by atoms with Gasteiger partial charge >= 0.3 is 0 Å². The molecule has 1 atom stereocenters. The molecule has 150 valence electrons. The number of halogens is 1. The van der Waals surface area contributed by atoms with Gasteiger partial charge in [-0.2, -0.15) is 0 Å². The standard InChI is InChI=1S/C20H29FN2O4/c1-27-16-4-5-17(21)15(10-16)11-23-9-3-8-20(26,18(23)25)13-22-12-19(14-24)6-2-7-19/h4-5,10,22,24,26H,2-3,6-9,11-14H2,1H3/t20-/m0/s1. The molecule has 0 unspecified atom stereocenters. The summed E-state index contributed by atoms with van der Waals surface area (Å²) < 4.78 is 19.2. The lowest BCUT2D eigenvalue weighted by atomic mass is 9.69. The summed E-state index contributed by atoms with van der Waals surface area (Å²) >= 11 is 0. The molecule has 0 aromatic heterocycles. The Bertz CT molecular complexity index is 674. The third kappa shape index (κ3) is 4.25. The molecule has 1 amide bonds. The van der Waals surface area contributed by atoms with Crippen LogP contribution in [0.4, 0.5) is 4.39 Å². The number of carbonyl (C=O) groups excluding carboxylic acids is 1. The second-order valence-electron chi connectivity index (χ2n) is 7.93. The molecule has 2 fully saturated rings. The van der Waals surface area contributed by atoms with E-state index in [1.165, 1.54) is 24.1 Å². The first-order valence-corrected chi connectivity index (χ1v) is 9.57. The lowest BCUT2D eigenvalue weighted by molar-refractivity contribution is -0.157. The summed E-state index contributed by atoms with van der Waals surface area (Å²) in [4.78, 5) is 14.4. The van der Waals surface area contributed by atoms with Gasteiger partial charge in [-0.1, -0.05) is 6.42 Å². The van der Waals surface area contributed by atoms with Crippen LogP contribution >= 0.6 is 0 Å². The Morgan fingerprint density at radius 2 is 2.04 bits per heavy atom. The maximum Gasteiger partial charge on any atom is 0.256 e. The fourth-order valence-electron chi connectivity index (χ4n) is 3.99. The number of carbonyl (C=O) groups is 1. The summed E-state index contributed by atoms with van der Waals surface area (Å²) in [5.41, 5.74) is -1.24. The first-order valence-electron chi connectivity index (χ1n) is 9.57. The van der Waals surface area contributed by atoms with E-state index in [9.17, 15) is 19.4 Å². The zero-order valence-corrected chi connectivity index (χ0v) is 15.8.